The highest BCUT2D eigenvalue weighted by atomic mass is 16.5. The second kappa shape index (κ2) is 4.81. The summed E-state index contributed by atoms with van der Waals surface area (Å²) in [6.07, 6.45) is 6.18. The van der Waals surface area contributed by atoms with Gasteiger partial charge >= 0.3 is 0 Å². The van der Waals surface area contributed by atoms with Crippen molar-refractivity contribution in [2.45, 2.75) is 31.8 Å². The Bertz CT molecular complexity index is 280. The van der Waals surface area contributed by atoms with E-state index in [0.29, 0.717) is 12.1 Å². The van der Waals surface area contributed by atoms with E-state index in [1.54, 1.807) is 19.6 Å². The Hall–Kier alpha value is -0.800. The molecule has 0 bridgehead atoms. The van der Waals surface area contributed by atoms with Gasteiger partial charge in [-0.1, -0.05) is 0 Å². The number of methoxy groups -OCH3 is 1. The summed E-state index contributed by atoms with van der Waals surface area (Å²) in [6, 6.07) is 2.83. The number of ether oxygens (including phenoxy) is 1. The van der Waals surface area contributed by atoms with Crippen molar-refractivity contribution in [3.05, 3.63) is 24.2 Å². The summed E-state index contributed by atoms with van der Waals surface area (Å²) in [5.74, 6) is 0.805. The van der Waals surface area contributed by atoms with E-state index in [0.717, 1.165) is 12.5 Å². The van der Waals surface area contributed by atoms with Gasteiger partial charge in [-0.2, -0.15) is 0 Å². The fourth-order valence-electron chi connectivity index (χ4n) is 1.94. The molecule has 0 amide bonds. The average Bonchev–Trinajstić information content (AvgIpc) is 2.92. The van der Waals surface area contributed by atoms with E-state index in [9.17, 15) is 0 Å². The molecule has 0 aromatic carbocycles. The molecule has 3 nitrogen and oxygen atoms in total. The molecule has 2 unspecified atom stereocenters. The Kier molecular flexibility index (Phi) is 3.44. The standard InChI is InChI=1S/C12H19NO2/c1-9(11-5-6-15-7-11)13-12(8-14-2)10-3-4-10/h5-7,9-10,12-13H,3-4,8H2,1-2H3. The molecular weight excluding hydrogens is 190 g/mol. The minimum absolute atomic E-state index is 0.337. The van der Waals surface area contributed by atoms with E-state index in [1.165, 1.54) is 18.4 Å². The molecule has 1 heterocycles. The van der Waals surface area contributed by atoms with Gasteiger partial charge in [-0.25, -0.2) is 0 Å². The highest BCUT2D eigenvalue weighted by Gasteiger charge is 2.31. The van der Waals surface area contributed by atoms with Crippen molar-refractivity contribution >= 4 is 0 Å². The summed E-state index contributed by atoms with van der Waals surface area (Å²) in [5.41, 5.74) is 1.21. The van der Waals surface area contributed by atoms with Gasteiger partial charge in [0.25, 0.3) is 0 Å². The maximum absolute atomic E-state index is 5.24. The third-order valence-electron chi connectivity index (χ3n) is 3.04. The lowest BCUT2D eigenvalue weighted by atomic mass is 10.1. The first-order valence-electron chi connectivity index (χ1n) is 5.58. The van der Waals surface area contributed by atoms with Crippen LogP contribution in [0.2, 0.25) is 0 Å². The van der Waals surface area contributed by atoms with Crippen molar-refractivity contribution in [2.24, 2.45) is 5.92 Å². The van der Waals surface area contributed by atoms with E-state index in [2.05, 4.69) is 12.2 Å². The zero-order chi connectivity index (χ0) is 10.7. The highest BCUT2D eigenvalue weighted by molar-refractivity contribution is 5.11. The molecule has 1 aromatic rings. The maximum Gasteiger partial charge on any atom is 0.0950 e. The van der Waals surface area contributed by atoms with Crippen LogP contribution in [0.25, 0.3) is 0 Å². The molecule has 1 N–H and O–H groups in total. The maximum atomic E-state index is 5.24. The number of nitrogens with one attached hydrogen (secondary N) is 1. The van der Waals surface area contributed by atoms with Crippen molar-refractivity contribution in [1.82, 2.24) is 5.32 Å². The lowest BCUT2D eigenvalue weighted by Gasteiger charge is -2.21. The Balaban J connectivity index is 1.88. The predicted octanol–water partition coefficient (Wildman–Crippen LogP) is 2.36. The van der Waals surface area contributed by atoms with Crippen molar-refractivity contribution in [3.63, 3.8) is 0 Å². The van der Waals surface area contributed by atoms with Crippen molar-refractivity contribution in [2.75, 3.05) is 13.7 Å². The summed E-state index contributed by atoms with van der Waals surface area (Å²) >= 11 is 0. The van der Waals surface area contributed by atoms with Crippen LogP contribution in [-0.4, -0.2) is 19.8 Å². The molecule has 1 aliphatic carbocycles. The topological polar surface area (TPSA) is 34.4 Å². The van der Waals surface area contributed by atoms with Gasteiger partial charge in [0.05, 0.1) is 19.1 Å². The minimum atomic E-state index is 0.337. The molecule has 1 saturated carbocycles. The summed E-state index contributed by atoms with van der Waals surface area (Å²) in [4.78, 5) is 0. The predicted molar refractivity (Wildman–Crippen MR) is 58.6 cm³/mol. The molecule has 0 spiro atoms. The molecule has 15 heavy (non-hydrogen) atoms. The first-order valence-corrected chi connectivity index (χ1v) is 5.58. The Morgan fingerprint density at radius 1 is 1.60 bits per heavy atom. The number of rotatable bonds is 6. The molecule has 3 heteroatoms. The van der Waals surface area contributed by atoms with Crippen LogP contribution in [0.3, 0.4) is 0 Å². The van der Waals surface area contributed by atoms with Crippen molar-refractivity contribution in [1.29, 1.82) is 0 Å². The zero-order valence-corrected chi connectivity index (χ0v) is 9.40. The van der Waals surface area contributed by atoms with Gasteiger partial charge in [-0.05, 0) is 31.7 Å². The SMILES string of the molecule is COCC(NC(C)c1ccoc1)C1CC1. The Morgan fingerprint density at radius 3 is 2.93 bits per heavy atom. The monoisotopic (exact) mass is 209 g/mol. The van der Waals surface area contributed by atoms with Gasteiger partial charge in [0.15, 0.2) is 0 Å². The van der Waals surface area contributed by atoms with Gasteiger partial charge in [0.1, 0.15) is 0 Å². The van der Waals surface area contributed by atoms with Crippen molar-refractivity contribution in [3.8, 4) is 0 Å². The molecule has 2 rings (SSSR count). The number of hydrogen-bond acceptors (Lipinski definition) is 3. The summed E-state index contributed by atoms with van der Waals surface area (Å²) in [6.45, 7) is 2.96. The molecule has 84 valence electrons. The second-order valence-electron chi connectivity index (χ2n) is 4.34. The molecule has 1 aromatic heterocycles. The average molecular weight is 209 g/mol. The normalized spacial score (nSPS) is 20.1. The van der Waals surface area contributed by atoms with E-state index in [-0.39, 0.29) is 0 Å². The number of hydrogen-bond donors (Lipinski definition) is 1. The van der Waals surface area contributed by atoms with Gasteiger partial charge in [0.2, 0.25) is 0 Å². The van der Waals surface area contributed by atoms with Crippen molar-refractivity contribution < 1.29 is 9.15 Å². The highest BCUT2D eigenvalue weighted by Crippen LogP contribution is 2.33. The lowest BCUT2D eigenvalue weighted by molar-refractivity contribution is 0.152. The molecule has 1 aliphatic rings. The number of furan rings is 1. The molecule has 0 radical (unpaired) electrons. The van der Waals surface area contributed by atoms with E-state index < -0.39 is 0 Å². The van der Waals surface area contributed by atoms with Crippen LogP contribution >= 0.6 is 0 Å². The van der Waals surface area contributed by atoms with Gasteiger partial charge in [0, 0.05) is 24.8 Å². The van der Waals surface area contributed by atoms with Crippen LogP contribution in [0.1, 0.15) is 31.4 Å². The molecule has 0 saturated heterocycles. The third-order valence-corrected chi connectivity index (χ3v) is 3.04. The van der Waals surface area contributed by atoms with Crippen LogP contribution in [0.4, 0.5) is 0 Å². The van der Waals surface area contributed by atoms with Crippen LogP contribution in [0, 0.1) is 5.92 Å². The Labute approximate surface area is 90.8 Å². The Morgan fingerprint density at radius 2 is 2.40 bits per heavy atom. The largest absolute Gasteiger partial charge is 0.472 e. The molecule has 0 aliphatic heterocycles. The van der Waals surface area contributed by atoms with E-state index in [4.69, 9.17) is 9.15 Å². The van der Waals surface area contributed by atoms with Crippen LogP contribution in [-0.2, 0) is 4.74 Å². The molecule has 1 fully saturated rings. The van der Waals surface area contributed by atoms with Crippen LogP contribution < -0.4 is 5.32 Å². The first kappa shape index (κ1) is 10.7. The van der Waals surface area contributed by atoms with Crippen LogP contribution in [0.15, 0.2) is 23.0 Å². The van der Waals surface area contributed by atoms with Gasteiger partial charge in [-0.15, -0.1) is 0 Å². The summed E-state index contributed by atoms with van der Waals surface area (Å²) in [7, 11) is 1.76. The fourth-order valence-corrected chi connectivity index (χ4v) is 1.94. The fraction of sp³-hybridized carbons (Fsp3) is 0.667. The first-order chi connectivity index (χ1) is 7.31. The summed E-state index contributed by atoms with van der Waals surface area (Å²) in [5, 5.41) is 3.60. The quantitative estimate of drug-likeness (QED) is 0.781. The van der Waals surface area contributed by atoms with Crippen LogP contribution in [0.5, 0.6) is 0 Å². The van der Waals surface area contributed by atoms with Gasteiger partial charge < -0.3 is 14.5 Å². The van der Waals surface area contributed by atoms with Gasteiger partial charge in [-0.3, -0.25) is 0 Å². The molecular formula is C12H19NO2. The molecule has 2 atom stereocenters. The second-order valence-corrected chi connectivity index (χ2v) is 4.34. The lowest BCUT2D eigenvalue weighted by Crippen LogP contribution is -2.36. The minimum Gasteiger partial charge on any atom is -0.472 e. The summed E-state index contributed by atoms with van der Waals surface area (Å²) < 4.78 is 10.3. The van der Waals surface area contributed by atoms with E-state index in [1.807, 2.05) is 6.07 Å². The zero-order valence-electron chi connectivity index (χ0n) is 9.40. The van der Waals surface area contributed by atoms with E-state index >= 15 is 0 Å². The smallest absolute Gasteiger partial charge is 0.0950 e. The third kappa shape index (κ3) is 2.83.